The molecule has 2 aromatic rings. The van der Waals surface area contributed by atoms with E-state index in [1.54, 1.807) is 0 Å². The number of esters is 1. The number of amides is 1. The van der Waals surface area contributed by atoms with E-state index in [-0.39, 0.29) is 24.2 Å². The van der Waals surface area contributed by atoms with E-state index >= 15 is 0 Å². The van der Waals surface area contributed by atoms with Crippen LogP contribution in [0, 0.1) is 5.92 Å². The van der Waals surface area contributed by atoms with Gasteiger partial charge in [0.15, 0.2) is 0 Å². The molecule has 0 aliphatic carbocycles. The van der Waals surface area contributed by atoms with Crippen molar-refractivity contribution in [2.75, 3.05) is 6.61 Å². The van der Waals surface area contributed by atoms with Gasteiger partial charge in [0.25, 0.3) is 0 Å². The second-order valence-electron chi connectivity index (χ2n) is 6.64. The third-order valence-electron chi connectivity index (χ3n) is 4.74. The summed E-state index contributed by atoms with van der Waals surface area (Å²) in [6.07, 6.45) is 1.83. The molecule has 1 amide bonds. The zero-order chi connectivity index (χ0) is 19.2. The van der Waals surface area contributed by atoms with Gasteiger partial charge in [0.1, 0.15) is 5.92 Å². The maximum absolute atomic E-state index is 12.8. The van der Waals surface area contributed by atoms with Crippen LogP contribution in [0.2, 0.25) is 0 Å². The van der Waals surface area contributed by atoms with E-state index in [4.69, 9.17) is 4.74 Å². The number of piperidine rings is 1. The summed E-state index contributed by atoms with van der Waals surface area (Å²) < 4.78 is 6.41. The molecule has 1 heterocycles. The van der Waals surface area contributed by atoms with Crippen LogP contribution in [0.5, 0.6) is 0 Å². The zero-order valence-electron chi connectivity index (χ0n) is 15.0. The standard InChI is InChI=1S/C22H22BrNO3/c1-15-21(22(26)27-13-7-10-16-8-3-2-4-9-16)18(14-20(25)24-15)17-11-5-6-12-19(17)23/h2-6,8-9,11-12,18,21H,1,7,10,13-14H2,(H,24,25)/t18-,21-/m1/s1. The summed E-state index contributed by atoms with van der Waals surface area (Å²) in [5.41, 5.74) is 2.54. The molecule has 0 aromatic heterocycles. The fraction of sp³-hybridized carbons (Fsp3) is 0.273. The number of rotatable bonds is 6. The molecular formula is C22H22BrNO3. The largest absolute Gasteiger partial charge is 0.465 e. The van der Waals surface area contributed by atoms with Gasteiger partial charge in [-0.05, 0) is 30.0 Å². The highest BCUT2D eigenvalue weighted by molar-refractivity contribution is 9.10. The first-order valence-electron chi connectivity index (χ1n) is 9.00. The number of aryl methyl sites for hydroxylation is 1. The molecule has 1 saturated heterocycles. The Morgan fingerprint density at radius 3 is 2.59 bits per heavy atom. The molecule has 0 bridgehead atoms. The van der Waals surface area contributed by atoms with E-state index in [1.807, 2.05) is 42.5 Å². The van der Waals surface area contributed by atoms with Crippen molar-refractivity contribution in [2.45, 2.75) is 25.2 Å². The SMILES string of the molecule is C=C1NC(=O)C[C@H](c2ccccc2Br)[C@@H]1C(=O)OCCCc1ccccc1. The molecule has 0 spiro atoms. The maximum atomic E-state index is 12.8. The molecule has 1 aliphatic heterocycles. The Morgan fingerprint density at radius 2 is 1.85 bits per heavy atom. The van der Waals surface area contributed by atoms with Crippen molar-refractivity contribution >= 4 is 27.8 Å². The summed E-state index contributed by atoms with van der Waals surface area (Å²) in [6, 6.07) is 17.7. The Balaban J connectivity index is 1.66. The van der Waals surface area contributed by atoms with Crippen molar-refractivity contribution < 1.29 is 14.3 Å². The van der Waals surface area contributed by atoms with E-state index in [0.29, 0.717) is 12.3 Å². The lowest BCUT2D eigenvalue weighted by Crippen LogP contribution is -2.41. The Morgan fingerprint density at radius 1 is 1.15 bits per heavy atom. The predicted octanol–water partition coefficient (Wildman–Crippen LogP) is 4.36. The van der Waals surface area contributed by atoms with Crippen LogP contribution in [0.25, 0.3) is 0 Å². The fourth-order valence-corrected chi connectivity index (χ4v) is 4.00. The van der Waals surface area contributed by atoms with Crippen molar-refractivity contribution in [1.82, 2.24) is 5.32 Å². The number of hydrogen-bond acceptors (Lipinski definition) is 3. The molecule has 1 aliphatic rings. The van der Waals surface area contributed by atoms with E-state index < -0.39 is 5.92 Å². The maximum Gasteiger partial charge on any atom is 0.315 e. The lowest BCUT2D eigenvalue weighted by Gasteiger charge is -2.32. The molecule has 2 atom stereocenters. The second kappa shape index (κ2) is 9.00. The molecule has 2 aromatic carbocycles. The van der Waals surface area contributed by atoms with Gasteiger partial charge < -0.3 is 10.1 Å². The van der Waals surface area contributed by atoms with Crippen LogP contribution in [0.3, 0.4) is 0 Å². The Hall–Kier alpha value is -2.40. The number of carbonyl (C=O) groups excluding carboxylic acids is 2. The highest BCUT2D eigenvalue weighted by Crippen LogP contribution is 2.39. The van der Waals surface area contributed by atoms with Gasteiger partial charge in [-0.2, -0.15) is 0 Å². The van der Waals surface area contributed by atoms with Crippen LogP contribution in [-0.4, -0.2) is 18.5 Å². The molecule has 3 rings (SSSR count). The molecule has 27 heavy (non-hydrogen) atoms. The summed E-state index contributed by atoms with van der Waals surface area (Å²) in [5.74, 6) is -1.34. The molecule has 0 unspecified atom stereocenters. The smallest absolute Gasteiger partial charge is 0.315 e. The third-order valence-corrected chi connectivity index (χ3v) is 5.46. The molecular weight excluding hydrogens is 406 g/mol. The summed E-state index contributed by atoms with van der Waals surface area (Å²) >= 11 is 3.52. The molecule has 1 fully saturated rings. The van der Waals surface area contributed by atoms with E-state index in [2.05, 4.69) is 40.0 Å². The van der Waals surface area contributed by atoms with E-state index in [9.17, 15) is 9.59 Å². The van der Waals surface area contributed by atoms with E-state index in [0.717, 1.165) is 22.9 Å². The Kier molecular flexibility index (Phi) is 6.45. The van der Waals surface area contributed by atoms with Gasteiger partial charge in [-0.1, -0.05) is 71.0 Å². The van der Waals surface area contributed by atoms with Crippen LogP contribution in [-0.2, 0) is 20.7 Å². The average molecular weight is 428 g/mol. The second-order valence-corrected chi connectivity index (χ2v) is 7.49. The molecule has 1 N–H and O–H groups in total. The molecule has 4 nitrogen and oxygen atoms in total. The van der Waals surface area contributed by atoms with Crippen LogP contribution in [0.4, 0.5) is 0 Å². The number of nitrogens with one attached hydrogen (secondary N) is 1. The van der Waals surface area contributed by atoms with Crippen molar-refractivity contribution in [3.05, 3.63) is 82.5 Å². The minimum atomic E-state index is -0.585. The Bertz CT molecular complexity index is 834. The highest BCUT2D eigenvalue weighted by Gasteiger charge is 2.39. The Labute approximate surface area is 167 Å². The van der Waals surface area contributed by atoms with Crippen LogP contribution < -0.4 is 5.32 Å². The van der Waals surface area contributed by atoms with Crippen molar-refractivity contribution in [1.29, 1.82) is 0 Å². The first kappa shape index (κ1) is 19.4. The summed E-state index contributed by atoms with van der Waals surface area (Å²) in [4.78, 5) is 24.8. The number of benzene rings is 2. The first-order chi connectivity index (χ1) is 13.1. The van der Waals surface area contributed by atoms with Gasteiger partial charge in [0.05, 0.1) is 6.61 Å². The van der Waals surface area contributed by atoms with Gasteiger partial charge in [-0.25, -0.2) is 0 Å². The van der Waals surface area contributed by atoms with Crippen molar-refractivity contribution in [3.63, 3.8) is 0 Å². The van der Waals surface area contributed by atoms with Gasteiger partial charge in [0.2, 0.25) is 5.91 Å². The van der Waals surface area contributed by atoms with E-state index in [1.165, 1.54) is 5.56 Å². The molecule has 5 heteroatoms. The lowest BCUT2D eigenvalue weighted by molar-refractivity contribution is -0.149. The first-order valence-corrected chi connectivity index (χ1v) is 9.79. The van der Waals surface area contributed by atoms with Gasteiger partial charge in [-0.15, -0.1) is 0 Å². The van der Waals surface area contributed by atoms with Crippen molar-refractivity contribution in [2.24, 2.45) is 5.92 Å². The molecule has 0 saturated carbocycles. The van der Waals surface area contributed by atoms with Crippen LogP contribution >= 0.6 is 15.9 Å². The number of ether oxygens (including phenoxy) is 1. The van der Waals surface area contributed by atoms with Crippen LogP contribution in [0.15, 0.2) is 71.3 Å². The number of carbonyl (C=O) groups is 2. The summed E-state index contributed by atoms with van der Waals surface area (Å²) in [7, 11) is 0. The number of hydrogen-bond donors (Lipinski definition) is 1. The summed E-state index contributed by atoms with van der Waals surface area (Å²) in [6.45, 7) is 4.24. The fourth-order valence-electron chi connectivity index (χ4n) is 3.42. The van der Waals surface area contributed by atoms with Gasteiger partial charge in [0, 0.05) is 22.5 Å². The van der Waals surface area contributed by atoms with Gasteiger partial charge >= 0.3 is 5.97 Å². The topological polar surface area (TPSA) is 55.4 Å². The van der Waals surface area contributed by atoms with Crippen LogP contribution in [0.1, 0.15) is 29.9 Å². The minimum absolute atomic E-state index is 0.131. The monoisotopic (exact) mass is 427 g/mol. The zero-order valence-corrected chi connectivity index (χ0v) is 16.6. The third kappa shape index (κ3) is 4.86. The molecule has 0 radical (unpaired) electrons. The highest BCUT2D eigenvalue weighted by atomic mass is 79.9. The normalized spacial score (nSPS) is 19.4. The molecule has 140 valence electrons. The predicted molar refractivity (Wildman–Crippen MR) is 108 cm³/mol. The quantitative estimate of drug-likeness (QED) is 0.550. The summed E-state index contributed by atoms with van der Waals surface area (Å²) in [5, 5.41) is 2.70. The number of halogens is 1. The lowest BCUT2D eigenvalue weighted by atomic mass is 9.79. The average Bonchev–Trinajstić information content (AvgIpc) is 2.65. The van der Waals surface area contributed by atoms with Crippen molar-refractivity contribution in [3.8, 4) is 0 Å². The minimum Gasteiger partial charge on any atom is -0.465 e. The van der Waals surface area contributed by atoms with Gasteiger partial charge in [-0.3, -0.25) is 9.59 Å².